The molecule has 0 aromatic rings. The van der Waals surface area contributed by atoms with Crippen LogP contribution in [0.2, 0.25) is 0 Å². The molecule has 0 rings (SSSR count). The summed E-state index contributed by atoms with van der Waals surface area (Å²) in [5, 5.41) is 0. The number of carbonyl (C=O) groups excluding carboxylic acids is 1. The Morgan fingerprint density at radius 3 is 1.46 bits per heavy atom. The van der Waals surface area contributed by atoms with Gasteiger partial charge < -0.3 is 20.1 Å². The number of esters is 1. The first-order valence-corrected chi connectivity index (χ1v) is 24.0. The zero-order chi connectivity index (χ0) is 39.5. The molecule has 0 aromatic heterocycles. The van der Waals surface area contributed by atoms with E-state index in [2.05, 4.69) is 50.3 Å². The number of carbonyl (C=O) groups is 1. The van der Waals surface area contributed by atoms with Crippen molar-refractivity contribution in [2.24, 2.45) is 5.73 Å². The van der Waals surface area contributed by atoms with Gasteiger partial charge in [-0.1, -0.05) is 185 Å². The monoisotopic (exact) mass is 784 g/mol. The molecule has 0 spiro atoms. The van der Waals surface area contributed by atoms with Crippen LogP contribution < -0.4 is 5.73 Å². The number of phosphoric acid groups is 1. The number of unbranched alkanes of at least 4 members (excludes halogenated alkanes) is 24. The summed E-state index contributed by atoms with van der Waals surface area (Å²) in [6, 6.07) is 0. The van der Waals surface area contributed by atoms with Gasteiger partial charge >= 0.3 is 13.8 Å². The molecule has 2 atom stereocenters. The molecule has 0 aliphatic carbocycles. The molecule has 0 aromatic carbocycles. The Balaban J connectivity index is 4.03. The van der Waals surface area contributed by atoms with Crippen LogP contribution in [0.4, 0.5) is 0 Å². The summed E-state index contributed by atoms with van der Waals surface area (Å²) in [5.74, 6) is -0.340. The van der Waals surface area contributed by atoms with Gasteiger partial charge in [0.25, 0.3) is 0 Å². The number of hydrogen-bond donors (Lipinski definition) is 2. The minimum Gasteiger partial charge on any atom is -0.457 e. The molecule has 318 valence electrons. The molecule has 54 heavy (non-hydrogen) atoms. The van der Waals surface area contributed by atoms with Crippen LogP contribution in [0, 0.1) is 0 Å². The van der Waals surface area contributed by atoms with E-state index in [0.29, 0.717) is 13.0 Å². The molecule has 0 fully saturated rings. The van der Waals surface area contributed by atoms with E-state index in [1.54, 1.807) is 0 Å². The Labute approximate surface area is 333 Å². The Hall–Kier alpha value is -1.28. The highest BCUT2D eigenvalue weighted by Gasteiger charge is 2.25. The van der Waals surface area contributed by atoms with Gasteiger partial charge in [-0.2, -0.15) is 0 Å². The number of phosphoric ester groups is 1. The predicted octanol–water partition coefficient (Wildman–Crippen LogP) is 13.4. The quantitative estimate of drug-likeness (QED) is 0.0272. The summed E-state index contributed by atoms with van der Waals surface area (Å²) >= 11 is 0. The first-order chi connectivity index (χ1) is 26.4. The average Bonchev–Trinajstić information content (AvgIpc) is 3.16. The fraction of sp³-hybridized carbons (Fsp3) is 0.844. The molecule has 3 N–H and O–H groups in total. The molecule has 0 saturated heterocycles. The molecule has 9 heteroatoms. The van der Waals surface area contributed by atoms with Gasteiger partial charge in [0, 0.05) is 19.6 Å². The van der Waals surface area contributed by atoms with Crippen molar-refractivity contribution in [3.63, 3.8) is 0 Å². The van der Waals surface area contributed by atoms with Crippen LogP contribution in [0.25, 0.3) is 0 Å². The summed E-state index contributed by atoms with van der Waals surface area (Å²) in [7, 11) is -4.28. The van der Waals surface area contributed by atoms with E-state index >= 15 is 0 Å². The summed E-state index contributed by atoms with van der Waals surface area (Å²) in [4.78, 5) is 22.5. The van der Waals surface area contributed by atoms with Crippen molar-refractivity contribution < 1.29 is 32.8 Å². The van der Waals surface area contributed by atoms with Crippen molar-refractivity contribution in [3.8, 4) is 0 Å². The van der Waals surface area contributed by atoms with Gasteiger partial charge in [-0.15, -0.1) is 0 Å². The zero-order valence-electron chi connectivity index (χ0n) is 35.2. The Morgan fingerprint density at radius 1 is 0.556 bits per heavy atom. The van der Waals surface area contributed by atoms with Crippen LogP contribution in [0.15, 0.2) is 36.5 Å². The topological polar surface area (TPSA) is 117 Å². The van der Waals surface area contributed by atoms with E-state index < -0.39 is 13.9 Å². The van der Waals surface area contributed by atoms with E-state index in [4.69, 9.17) is 24.3 Å². The molecule has 0 aliphatic heterocycles. The van der Waals surface area contributed by atoms with Crippen molar-refractivity contribution in [1.29, 1.82) is 0 Å². The molecule has 2 unspecified atom stereocenters. The zero-order valence-corrected chi connectivity index (χ0v) is 36.1. The third kappa shape index (κ3) is 41.9. The second-order valence-electron chi connectivity index (χ2n) is 14.9. The maximum atomic E-state index is 12.6. The first-order valence-electron chi connectivity index (χ1n) is 22.5. The van der Waals surface area contributed by atoms with Crippen molar-refractivity contribution in [2.75, 3.05) is 33.0 Å². The summed E-state index contributed by atoms with van der Waals surface area (Å²) < 4.78 is 33.4. The molecule has 0 heterocycles. The van der Waals surface area contributed by atoms with E-state index in [0.717, 1.165) is 57.8 Å². The Kier molecular flexibility index (Phi) is 41.8. The normalized spacial score (nSPS) is 13.8. The van der Waals surface area contributed by atoms with Crippen molar-refractivity contribution in [2.45, 2.75) is 213 Å². The van der Waals surface area contributed by atoms with Crippen molar-refractivity contribution >= 4 is 13.8 Å². The molecule has 0 bridgehead atoms. The number of hydrogen-bond acceptors (Lipinski definition) is 7. The molecule has 0 radical (unpaired) electrons. The van der Waals surface area contributed by atoms with Crippen LogP contribution in [0.5, 0.6) is 0 Å². The molecular weight excluding hydrogens is 697 g/mol. The summed E-state index contributed by atoms with van der Waals surface area (Å²) in [5.41, 5.74) is 5.37. The lowest BCUT2D eigenvalue weighted by Gasteiger charge is -2.20. The largest absolute Gasteiger partial charge is 0.472 e. The number of nitrogens with two attached hydrogens (primary N) is 1. The Morgan fingerprint density at radius 2 is 0.981 bits per heavy atom. The highest BCUT2D eigenvalue weighted by Crippen LogP contribution is 2.43. The highest BCUT2D eigenvalue weighted by molar-refractivity contribution is 7.47. The fourth-order valence-corrected chi connectivity index (χ4v) is 7.00. The van der Waals surface area contributed by atoms with Crippen LogP contribution in [0.1, 0.15) is 206 Å². The molecule has 0 aliphatic rings. The van der Waals surface area contributed by atoms with E-state index in [1.165, 1.54) is 128 Å². The van der Waals surface area contributed by atoms with Crippen molar-refractivity contribution in [1.82, 2.24) is 0 Å². The summed E-state index contributed by atoms with van der Waals surface area (Å²) in [6.07, 6.45) is 48.7. The van der Waals surface area contributed by atoms with Crippen molar-refractivity contribution in [3.05, 3.63) is 36.5 Å². The maximum absolute atomic E-state index is 12.6. The van der Waals surface area contributed by atoms with Gasteiger partial charge in [-0.3, -0.25) is 13.8 Å². The van der Waals surface area contributed by atoms with Crippen LogP contribution in [0.3, 0.4) is 0 Å². The van der Waals surface area contributed by atoms with Gasteiger partial charge in [0.15, 0.2) is 0 Å². The smallest absolute Gasteiger partial charge is 0.457 e. The van der Waals surface area contributed by atoms with Crippen LogP contribution >= 0.6 is 7.82 Å². The number of allylic oxidation sites excluding steroid dienone is 6. The van der Waals surface area contributed by atoms with Gasteiger partial charge in [-0.25, -0.2) is 4.57 Å². The highest BCUT2D eigenvalue weighted by atomic mass is 31.2. The predicted molar refractivity (Wildman–Crippen MR) is 229 cm³/mol. The third-order valence-corrected chi connectivity index (χ3v) is 10.5. The third-order valence-electron chi connectivity index (χ3n) is 9.56. The maximum Gasteiger partial charge on any atom is 0.472 e. The van der Waals surface area contributed by atoms with E-state index in [9.17, 15) is 14.3 Å². The lowest BCUT2D eigenvalue weighted by molar-refractivity contribution is -0.154. The Bertz CT molecular complexity index is 926. The SMILES string of the molecule is CCCCCCC/C=C\C/C=C\C/C=C\CCCCCCCCC(=O)OC(COCCCCCCCCCCCCCCCC)COP(=O)(O)OCCN. The van der Waals surface area contributed by atoms with E-state index in [1.807, 2.05) is 0 Å². The van der Waals surface area contributed by atoms with Gasteiger partial charge in [-0.05, 0) is 51.4 Å². The number of ether oxygens (including phenoxy) is 2. The standard InChI is InChI=1S/C45H86NO7P/c1-3-5-7-9-11-13-15-17-19-20-21-22-23-24-25-26-28-30-32-34-36-38-45(47)53-44(43-52-54(48,49)51-41-39-46)42-50-40-37-35-33-31-29-27-18-16-14-12-10-8-6-4-2/h15,17,20-21,23-24,44H,3-14,16,18-19,22,25-43,46H2,1-2H3,(H,48,49)/b17-15-,21-20-,24-23-. The summed E-state index contributed by atoms with van der Waals surface area (Å²) in [6.45, 7) is 4.92. The molecule has 0 amide bonds. The second-order valence-corrected chi connectivity index (χ2v) is 16.4. The molecule has 0 saturated carbocycles. The van der Waals surface area contributed by atoms with Crippen LogP contribution in [-0.4, -0.2) is 49.9 Å². The molecular formula is C45H86NO7P. The fourth-order valence-electron chi connectivity index (χ4n) is 6.24. The molecule has 8 nitrogen and oxygen atoms in total. The second kappa shape index (κ2) is 42.9. The van der Waals surface area contributed by atoms with E-state index in [-0.39, 0.29) is 32.3 Å². The average molecular weight is 784 g/mol. The van der Waals surface area contributed by atoms with Crippen LogP contribution in [-0.2, 0) is 27.9 Å². The lowest BCUT2D eigenvalue weighted by Crippen LogP contribution is -2.28. The first kappa shape index (κ1) is 52.7. The van der Waals surface area contributed by atoms with Gasteiger partial charge in [0.05, 0.1) is 19.8 Å². The van der Waals surface area contributed by atoms with Gasteiger partial charge in [0.2, 0.25) is 0 Å². The number of rotatable bonds is 43. The lowest BCUT2D eigenvalue weighted by atomic mass is 10.0. The minimum absolute atomic E-state index is 0.0974. The van der Waals surface area contributed by atoms with Gasteiger partial charge in [0.1, 0.15) is 6.10 Å². The minimum atomic E-state index is -4.28.